The summed E-state index contributed by atoms with van der Waals surface area (Å²) in [4.78, 5) is 22.0. The molecular weight excluding hydrogens is 302 g/mol. The molecule has 120 valence electrons. The second kappa shape index (κ2) is 6.68. The fraction of sp³-hybridized carbons (Fsp3) is 0.312. The molecule has 1 aliphatic rings. The number of carbonyl (C=O) groups is 1. The van der Waals surface area contributed by atoms with Gasteiger partial charge in [-0.25, -0.2) is 18.7 Å². The van der Waals surface area contributed by atoms with Crippen LogP contribution in [0.1, 0.15) is 29.8 Å². The minimum absolute atomic E-state index is 0.171. The Hall–Kier alpha value is -2.57. The van der Waals surface area contributed by atoms with E-state index in [1.807, 2.05) is 0 Å². The second-order valence-corrected chi connectivity index (χ2v) is 5.36. The maximum atomic E-state index is 13.7. The minimum Gasteiger partial charge on any atom is -0.337 e. The number of aromatic nitrogens is 2. The first kappa shape index (κ1) is 15.3. The fourth-order valence-corrected chi connectivity index (χ4v) is 2.55. The minimum atomic E-state index is -0.729. The molecule has 0 radical (unpaired) electrons. The highest BCUT2D eigenvalue weighted by molar-refractivity contribution is 5.93. The predicted molar refractivity (Wildman–Crippen MR) is 81.4 cm³/mol. The summed E-state index contributed by atoms with van der Waals surface area (Å²) in [5, 5.41) is 2.57. The monoisotopic (exact) mass is 318 g/mol. The van der Waals surface area contributed by atoms with E-state index < -0.39 is 11.6 Å². The van der Waals surface area contributed by atoms with Gasteiger partial charge in [-0.3, -0.25) is 4.79 Å². The van der Waals surface area contributed by atoms with E-state index in [9.17, 15) is 13.6 Å². The van der Waals surface area contributed by atoms with Crippen LogP contribution in [-0.4, -0.2) is 33.9 Å². The Balaban J connectivity index is 1.81. The van der Waals surface area contributed by atoms with Crippen LogP contribution in [-0.2, 0) is 0 Å². The Labute approximate surface area is 132 Å². The topological polar surface area (TPSA) is 58.1 Å². The summed E-state index contributed by atoms with van der Waals surface area (Å²) in [5.74, 6) is -1.48. The number of anilines is 2. The van der Waals surface area contributed by atoms with Crippen LogP contribution in [0.5, 0.6) is 0 Å². The zero-order valence-corrected chi connectivity index (χ0v) is 12.4. The van der Waals surface area contributed by atoms with E-state index >= 15 is 0 Å². The van der Waals surface area contributed by atoms with Crippen LogP contribution >= 0.6 is 0 Å². The van der Waals surface area contributed by atoms with Gasteiger partial charge in [0.25, 0.3) is 5.91 Å². The summed E-state index contributed by atoms with van der Waals surface area (Å²) in [6.07, 6.45) is 4.27. The molecule has 0 bridgehead atoms. The van der Waals surface area contributed by atoms with E-state index in [-0.39, 0.29) is 23.1 Å². The van der Waals surface area contributed by atoms with E-state index in [1.165, 1.54) is 18.5 Å². The van der Waals surface area contributed by atoms with Crippen molar-refractivity contribution in [2.24, 2.45) is 0 Å². The lowest BCUT2D eigenvalue weighted by Crippen LogP contribution is -2.36. The third kappa shape index (κ3) is 3.44. The van der Waals surface area contributed by atoms with E-state index in [2.05, 4.69) is 15.3 Å². The van der Waals surface area contributed by atoms with Gasteiger partial charge in [-0.2, -0.15) is 0 Å². The summed E-state index contributed by atoms with van der Waals surface area (Å²) in [6.45, 7) is 1.40. The number of nitrogens with one attached hydrogen (secondary N) is 1. The zero-order valence-electron chi connectivity index (χ0n) is 12.4. The van der Waals surface area contributed by atoms with Crippen molar-refractivity contribution in [2.45, 2.75) is 19.3 Å². The molecule has 7 heteroatoms. The lowest BCUT2D eigenvalue weighted by Gasteiger charge is -2.26. The van der Waals surface area contributed by atoms with Crippen LogP contribution in [0.25, 0.3) is 0 Å². The van der Waals surface area contributed by atoms with Crippen LogP contribution in [0.4, 0.5) is 20.3 Å². The summed E-state index contributed by atoms with van der Waals surface area (Å²) in [5.41, 5.74) is -0.0938. The summed E-state index contributed by atoms with van der Waals surface area (Å²) >= 11 is 0. The standard InChI is InChI=1S/C16H16F2N4O/c17-11-5-4-6-12(18)15(11)21-14-9-13(19-10-20-14)16(23)22-7-2-1-3-8-22/h4-6,9-10H,1-3,7-8H2,(H,19,20,21). The lowest BCUT2D eigenvalue weighted by molar-refractivity contribution is 0.0718. The van der Waals surface area contributed by atoms with Crippen molar-refractivity contribution in [2.75, 3.05) is 18.4 Å². The average molecular weight is 318 g/mol. The molecule has 1 amide bonds. The molecule has 2 heterocycles. The number of hydrogen-bond donors (Lipinski definition) is 1. The van der Waals surface area contributed by atoms with Crippen LogP contribution < -0.4 is 5.32 Å². The molecule has 1 aromatic carbocycles. The Bertz CT molecular complexity index is 697. The van der Waals surface area contributed by atoms with E-state index in [0.717, 1.165) is 31.4 Å². The number of rotatable bonds is 3. The summed E-state index contributed by atoms with van der Waals surface area (Å²) in [6, 6.07) is 4.97. The van der Waals surface area contributed by atoms with Crippen molar-refractivity contribution in [3.63, 3.8) is 0 Å². The molecule has 1 aromatic heterocycles. The Kier molecular flexibility index (Phi) is 4.45. The molecule has 5 nitrogen and oxygen atoms in total. The number of hydrogen-bond acceptors (Lipinski definition) is 4. The fourth-order valence-electron chi connectivity index (χ4n) is 2.55. The molecule has 0 saturated carbocycles. The highest BCUT2D eigenvalue weighted by Gasteiger charge is 2.20. The van der Waals surface area contributed by atoms with Crippen molar-refractivity contribution in [1.29, 1.82) is 0 Å². The molecule has 3 rings (SSSR count). The molecular formula is C16H16F2N4O. The zero-order chi connectivity index (χ0) is 16.2. The molecule has 2 aromatic rings. The molecule has 1 N–H and O–H groups in total. The molecule has 1 fully saturated rings. The maximum Gasteiger partial charge on any atom is 0.272 e. The highest BCUT2D eigenvalue weighted by Crippen LogP contribution is 2.22. The number of nitrogens with zero attached hydrogens (tertiary/aromatic N) is 3. The van der Waals surface area contributed by atoms with Gasteiger partial charge >= 0.3 is 0 Å². The van der Waals surface area contributed by atoms with Crippen molar-refractivity contribution in [3.8, 4) is 0 Å². The lowest BCUT2D eigenvalue weighted by atomic mass is 10.1. The first-order valence-electron chi connectivity index (χ1n) is 7.47. The highest BCUT2D eigenvalue weighted by atomic mass is 19.1. The molecule has 23 heavy (non-hydrogen) atoms. The van der Waals surface area contributed by atoms with Gasteiger partial charge in [0.15, 0.2) is 0 Å². The Morgan fingerprint density at radius 3 is 2.48 bits per heavy atom. The predicted octanol–water partition coefficient (Wildman–Crippen LogP) is 3.12. The third-order valence-electron chi connectivity index (χ3n) is 3.75. The van der Waals surface area contributed by atoms with Gasteiger partial charge in [-0.15, -0.1) is 0 Å². The van der Waals surface area contributed by atoms with Crippen LogP contribution in [0.2, 0.25) is 0 Å². The Morgan fingerprint density at radius 2 is 1.78 bits per heavy atom. The average Bonchev–Trinajstić information content (AvgIpc) is 2.59. The van der Waals surface area contributed by atoms with E-state index in [4.69, 9.17) is 0 Å². The second-order valence-electron chi connectivity index (χ2n) is 5.36. The maximum absolute atomic E-state index is 13.7. The normalized spacial score (nSPS) is 14.6. The van der Waals surface area contributed by atoms with Crippen LogP contribution in [0.15, 0.2) is 30.6 Å². The van der Waals surface area contributed by atoms with Gasteiger partial charge < -0.3 is 10.2 Å². The number of para-hydroxylation sites is 1. The number of likely N-dealkylation sites (tertiary alicyclic amines) is 1. The molecule has 1 aliphatic heterocycles. The van der Waals surface area contributed by atoms with Gasteiger partial charge in [0.1, 0.15) is 35.2 Å². The van der Waals surface area contributed by atoms with Crippen molar-refractivity contribution >= 4 is 17.4 Å². The molecule has 0 aliphatic carbocycles. The molecule has 0 spiro atoms. The van der Waals surface area contributed by atoms with Crippen molar-refractivity contribution < 1.29 is 13.6 Å². The first-order chi connectivity index (χ1) is 11.1. The molecule has 1 saturated heterocycles. The number of benzene rings is 1. The Morgan fingerprint density at radius 1 is 1.09 bits per heavy atom. The van der Waals surface area contributed by atoms with E-state index in [1.54, 1.807) is 4.90 Å². The van der Waals surface area contributed by atoms with Gasteiger partial charge in [0.05, 0.1) is 0 Å². The quantitative estimate of drug-likeness (QED) is 0.944. The van der Waals surface area contributed by atoms with Crippen LogP contribution in [0, 0.1) is 11.6 Å². The van der Waals surface area contributed by atoms with Crippen LogP contribution in [0.3, 0.4) is 0 Å². The summed E-state index contributed by atoms with van der Waals surface area (Å²) < 4.78 is 27.3. The first-order valence-corrected chi connectivity index (χ1v) is 7.47. The molecule has 0 atom stereocenters. The largest absolute Gasteiger partial charge is 0.337 e. The van der Waals surface area contributed by atoms with Crippen molar-refractivity contribution in [1.82, 2.24) is 14.9 Å². The van der Waals surface area contributed by atoms with Gasteiger partial charge in [0, 0.05) is 19.2 Å². The van der Waals surface area contributed by atoms with Crippen molar-refractivity contribution in [3.05, 3.63) is 47.9 Å². The number of carbonyl (C=O) groups excluding carboxylic acids is 1. The number of amides is 1. The van der Waals surface area contributed by atoms with Gasteiger partial charge in [0.2, 0.25) is 0 Å². The van der Waals surface area contributed by atoms with Gasteiger partial charge in [-0.1, -0.05) is 6.07 Å². The summed E-state index contributed by atoms with van der Waals surface area (Å²) in [7, 11) is 0. The SMILES string of the molecule is O=C(c1cc(Nc2c(F)cccc2F)ncn1)N1CCCCC1. The smallest absolute Gasteiger partial charge is 0.272 e. The van der Waals surface area contributed by atoms with Gasteiger partial charge in [-0.05, 0) is 31.4 Å². The number of halogens is 2. The van der Waals surface area contributed by atoms with E-state index in [0.29, 0.717) is 13.1 Å². The number of piperidine rings is 1. The molecule has 0 unspecified atom stereocenters. The third-order valence-corrected chi connectivity index (χ3v) is 3.75.